The fourth-order valence-electron chi connectivity index (χ4n) is 2.09. The Balaban J connectivity index is 1.85. The number of ether oxygens (including phenoxy) is 2. The van der Waals surface area contributed by atoms with Gasteiger partial charge in [-0.3, -0.25) is 9.59 Å². The van der Waals surface area contributed by atoms with Crippen molar-refractivity contribution in [3.8, 4) is 5.75 Å². The van der Waals surface area contributed by atoms with E-state index in [4.69, 9.17) is 21.1 Å². The lowest BCUT2D eigenvalue weighted by atomic mass is 10.1. The molecule has 1 N–H and O–H groups in total. The zero-order chi connectivity index (χ0) is 18.4. The highest BCUT2D eigenvalue weighted by Gasteiger charge is 2.12. The van der Waals surface area contributed by atoms with Crippen molar-refractivity contribution in [1.29, 1.82) is 0 Å². The van der Waals surface area contributed by atoms with E-state index >= 15 is 0 Å². The van der Waals surface area contributed by atoms with Crippen LogP contribution in [0.1, 0.15) is 11.1 Å². The summed E-state index contributed by atoms with van der Waals surface area (Å²) in [5.74, 6) is -1.64. The summed E-state index contributed by atoms with van der Waals surface area (Å²) in [6.45, 7) is 1.42. The van der Waals surface area contributed by atoms with Crippen molar-refractivity contribution in [2.24, 2.45) is 0 Å². The van der Waals surface area contributed by atoms with Crippen LogP contribution in [-0.4, -0.2) is 25.6 Å². The Bertz CT molecular complexity index is 795. The van der Waals surface area contributed by atoms with Gasteiger partial charge in [-0.15, -0.1) is 0 Å². The molecule has 5 nitrogen and oxygen atoms in total. The minimum atomic E-state index is -0.644. The molecule has 0 radical (unpaired) electrons. The summed E-state index contributed by atoms with van der Waals surface area (Å²) in [5.41, 5.74) is 1.82. The summed E-state index contributed by atoms with van der Waals surface area (Å²) in [5, 5.41) is 2.95. The SMILES string of the molecule is COc1ccc(CC(=O)OCC(=O)Nc2ccc(C)cc2Cl)cc1F. The van der Waals surface area contributed by atoms with Crippen LogP contribution >= 0.6 is 11.6 Å². The van der Waals surface area contributed by atoms with E-state index in [1.165, 1.54) is 19.2 Å². The second-order valence-electron chi connectivity index (χ2n) is 5.34. The largest absolute Gasteiger partial charge is 0.494 e. The third kappa shape index (κ3) is 5.46. The first-order valence-corrected chi connectivity index (χ1v) is 7.81. The van der Waals surface area contributed by atoms with E-state index in [1.807, 2.05) is 6.92 Å². The minimum absolute atomic E-state index is 0.0893. The van der Waals surface area contributed by atoms with Gasteiger partial charge in [0.15, 0.2) is 18.2 Å². The van der Waals surface area contributed by atoms with Crippen molar-refractivity contribution >= 4 is 29.2 Å². The number of carbonyl (C=O) groups excluding carboxylic acids is 2. The molecule has 0 aliphatic rings. The molecule has 7 heteroatoms. The Hall–Kier alpha value is -2.60. The van der Waals surface area contributed by atoms with Crippen LogP contribution in [-0.2, 0) is 20.7 Å². The van der Waals surface area contributed by atoms with E-state index in [9.17, 15) is 14.0 Å². The molecule has 1 amide bonds. The van der Waals surface area contributed by atoms with Crippen molar-refractivity contribution in [2.75, 3.05) is 19.0 Å². The molecule has 132 valence electrons. The number of halogens is 2. The van der Waals surface area contributed by atoms with Crippen LogP contribution < -0.4 is 10.1 Å². The highest BCUT2D eigenvalue weighted by atomic mass is 35.5. The topological polar surface area (TPSA) is 64.6 Å². The Kier molecular flexibility index (Phi) is 6.36. The summed E-state index contributed by atoms with van der Waals surface area (Å²) >= 11 is 6.01. The van der Waals surface area contributed by atoms with Crippen LogP contribution in [0.3, 0.4) is 0 Å². The normalized spacial score (nSPS) is 10.2. The number of aryl methyl sites for hydroxylation is 1. The van der Waals surface area contributed by atoms with E-state index < -0.39 is 24.3 Å². The molecule has 2 aromatic carbocycles. The zero-order valence-corrected chi connectivity index (χ0v) is 14.5. The van der Waals surface area contributed by atoms with Crippen LogP contribution in [0.4, 0.5) is 10.1 Å². The molecule has 0 unspecified atom stereocenters. The molecule has 25 heavy (non-hydrogen) atoms. The lowest BCUT2D eigenvalue weighted by Crippen LogP contribution is -2.21. The number of methoxy groups -OCH3 is 1. The zero-order valence-electron chi connectivity index (χ0n) is 13.8. The number of hydrogen-bond donors (Lipinski definition) is 1. The number of esters is 1. The van der Waals surface area contributed by atoms with E-state index in [0.717, 1.165) is 5.56 Å². The van der Waals surface area contributed by atoms with Crippen LogP contribution in [0.5, 0.6) is 5.75 Å². The highest BCUT2D eigenvalue weighted by Crippen LogP contribution is 2.22. The van der Waals surface area contributed by atoms with Crippen molar-refractivity contribution in [3.05, 3.63) is 58.4 Å². The second kappa shape index (κ2) is 8.48. The van der Waals surface area contributed by atoms with Gasteiger partial charge in [0.2, 0.25) is 0 Å². The van der Waals surface area contributed by atoms with E-state index in [-0.39, 0.29) is 12.2 Å². The first kappa shape index (κ1) is 18.7. The molecule has 2 aromatic rings. The fraction of sp³-hybridized carbons (Fsp3) is 0.222. The van der Waals surface area contributed by atoms with Gasteiger partial charge in [-0.05, 0) is 42.3 Å². The van der Waals surface area contributed by atoms with Gasteiger partial charge in [-0.1, -0.05) is 23.7 Å². The maximum atomic E-state index is 13.6. The Labute approximate surface area is 149 Å². The number of hydrogen-bond acceptors (Lipinski definition) is 4. The van der Waals surface area contributed by atoms with Crippen molar-refractivity contribution < 1.29 is 23.5 Å². The van der Waals surface area contributed by atoms with Crippen molar-refractivity contribution in [3.63, 3.8) is 0 Å². The average molecular weight is 366 g/mol. The number of anilines is 1. The highest BCUT2D eigenvalue weighted by molar-refractivity contribution is 6.33. The number of benzene rings is 2. The maximum absolute atomic E-state index is 13.6. The van der Waals surface area contributed by atoms with Gasteiger partial charge < -0.3 is 14.8 Å². The van der Waals surface area contributed by atoms with E-state index in [0.29, 0.717) is 16.3 Å². The molecular formula is C18H17ClFNO4. The number of rotatable bonds is 6. The second-order valence-corrected chi connectivity index (χ2v) is 5.75. The smallest absolute Gasteiger partial charge is 0.310 e. The third-order valence-corrected chi connectivity index (χ3v) is 3.64. The molecule has 0 fully saturated rings. The number of amides is 1. The molecule has 0 saturated heterocycles. The van der Waals surface area contributed by atoms with Gasteiger partial charge in [0.1, 0.15) is 0 Å². The summed E-state index contributed by atoms with van der Waals surface area (Å²) in [7, 11) is 1.35. The molecule has 2 rings (SSSR count). The molecule has 0 saturated carbocycles. The van der Waals surface area contributed by atoms with Gasteiger partial charge in [-0.25, -0.2) is 4.39 Å². The van der Waals surface area contributed by atoms with Crippen LogP contribution in [0.2, 0.25) is 5.02 Å². The van der Waals surface area contributed by atoms with Crippen LogP contribution in [0.25, 0.3) is 0 Å². The predicted molar refractivity (Wildman–Crippen MR) is 92.4 cm³/mol. The third-order valence-electron chi connectivity index (χ3n) is 3.33. The van der Waals surface area contributed by atoms with Crippen molar-refractivity contribution in [2.45, 2.75) is 13.3 Å². The summed E-state index contributed by atoms with van der Waals surface area (Å²) < 4.78 is 23.3. The molecule has 0 atom stereocenters. The lowest BCUT2D eigenvalue weighted by molar-refractivity contribution is -0.146. The predicted octanol–water partition coefficient (Wildman–Crippen LogP) is 3.52. The lowest BCUT2D eigenvalue weighted by Gasteiger charge is -2.09. The number of carbonyl (C=O) groups is 2. The number of nitrogens with one attached hydrogen (secondary N) is 1. The standard InChI is InChI=1S/C18H17ClFNO4/c1-11-3-5-15(13(19)7-11)21-17(22)10-25-18(23)9-12-4-6-16(24-2)14(20)8-12/h3-8H,9-10H2,1-2H3,(H,21,22). The molecule has 0 bridgehead atoms. The van der Waals surface area contributed by atoms with E-state index in [1.54, 1.807) is 24.3 Å². The average Bonchev–Trinajstić information content (AvgIpc) is 2.56. The first-order chi connectivity index (χ1) is 11.9. The monoisotopic (exact) mass is 365 g/mol. The van der Waals surface area contributed by atoms with Gasteiger partial charge in [0.05, 0.1) is 24.2 Å². The fourth-order valence-corrected chi connectivity index (χ4v) is 2.37. The summed E-state index contributed by atoms with van der Waals surface area (Å²) in [4.78, 5) is 23.6. The van der Waals surface area contributed by atoms with Crippen LogP contribution in [0.15, 0.2) is 36.4 Å². The minimum Gasteiger partial charge on any atom is -0.494 e. The molecule has 0 heterocycles. The van der Waals surface area contributed by atoms with Gasteiger partial charge in [0.25, 0.3) is 5.91 Å². The van der Waals surface area contributed by atoms with Gasteiger partial charge in [0, 0.05) is 0 Å². The maximum Gasteiger partial charge on any atom is 0.310 e. The Morgan fingerprint density at radius 1 is 1.20 bits per heavy atom. The molecule has 0 aromatic heterocycles. The Morgan fingerprint density at radius 3 is 2.60 bits per heavy atom. The molecule has 0 aliphatic carbocycles. The Morgan fingerprint density at radius 2 is 1.96 bits per heavy atom. The quantitative estimate of drug-likeness (QED) is 0.795. The summed E-state index contributed by atoms with van der Waals surface area (Å²) in [6, 6.07) is 9.33. The van der Waals surface area contributed by atoms with Crippen molar-refractivity contribution in [1.82, 2.24) is 0 Å². The van der Waals surface area contributed by atoms with E-state index in [2.05, 4.69) is 5.32 Å². The molecule has 0 spiro atoms. The van der Waals surface area contributed by atoms with Crippen LogP contribution in [0, 0.1) is 12.7 Å². The van der Waals surface area contributed by atoms with Gasteiger partial charge in [-0.2, -0.15) is 0 Å². The summed E-state index contributed by atoms with van der Waals surface area (Å²) in [6.07, 6.45) is -0.153. The molecule has 0 aliphatic heterocycles. The first-order valence-electron chi connectivity index (χ1n) is 7.43. The van der Waals surface area contributed by atoms with Gasteiger partial charge >= 0.3 is 5.97 Å². The molecular weight excluding hydrogens is 349 g/mol.